The summed E-state index contributed by atoms with van der Waals surface area (Å²) in [6.07, 6.45) is 5.42. The quantitative estimate of drug-likeness (QED) is 0.501. The van der Waals surface area contributed by atoms with Gasteiger partial charge in [-0.1, -0.05) is 24.3 Å². The van der Waals surface area contributed by atoms with Crippen LogP contribution in [-0.2, 0) is 0 Å². The van der Waals surface area contributed by atoms with E-state index in [0.29, 0.717) is 0 Å². The molecule has 5 nitrogen and oxygen atoms in total. The van der Waals surface area contributed by atoms with E-state index in [-0.39, 0.29) is 31.6 Å². The van der Waals surface area contributed by atoms with E-state index in [0.717, 1.165) is 39.3 Å². The van der Waals surface area contributed by atoms with Crippen LogP contribution in [0.1, 0.15) is 0 Å². The van der Waals surface area contributed by atoms with Crippen LogP contribution >= 0.6 is 24.8 Å². The second-order valence-electron chi connectivity index (χ2n) is 5.58. The van der Waals surface area contributed by atoms with Crippen molar-refractivity contribution in [1.82, 2.24) is 14.5 Å². The fourth-order valence-electron chi connectivity index (χ4n) is 2.97. The van der Waals surface area contributed by atoms with Gasteiger partial charge in [-0.25, -0.2) is 9.97 Å². The van der Waals surface area contributed by atoms with E-state index in [1.807, 2.05) is 47.2 Å². The van der Waals surface area contributed by atoms with E-state index < -0.39 is 0 Å². The number of fused-ring (bicyclic) bond motifs is 2. The summed E-state index contributed by atoms with van der Waals surface area (Å²) in [4.78, 5) is 8.96. The average Bonchev–Trinajstić information content (AvgIpc) is 3.31. The Morgan fingerprint density at radius 1 is 0.923 bits per heavy atom. The van der Waals surface area contributed by atoms with E-state index in [4.69, 9.17) is 14.5 Å². The van der Waals surface area contributed by atoms with Crippen LogP contribution in [0, 0.1) is 0 Å². The molecule has 0 bridgehead atoms. The first-order valence-corrected chi connectivity index (χ1v) is 7.67. The molecule has 1 aliphatic heterocycles. The van der Waals surface area contributed by atoms with E-state index in [1.54, 1.807) is 12.5 Å². The van der Waals surface area contributed by atoms with Crippen LogP contribution in [0.15, 0.2) is 67.3 Å². The van der Waals surface area contributed by atoms with Crippen molar-refractivity contribution in [3.8, 4) is 28.4 Å². The minimum atomic E-state index is 0. The van der Waals surface area contributed by atoms with Gasteiger partial charge in [-0.05, 0) is 18.2 Å². The van der Waals surface area contributed by atoms with Gasteiger partial charge in [-0.2, -0.15) is 0 Å². The lowest BCUT2D eigenvalue weighted by molar-refractivity contribution is 0.174. The summed E-state index contributed by atoms with van der Waals surface area (Å²) < 4.78 is 13.0. The lowest BCUT2D eigenvalue weighted by atomic mass is 10.1. The minimum absolute atomic E-state index is 0. The van der Waals surface area contributed by atoms with E-state index in [1.165, 1.54) is 0 Å². The summed E-state index contributed by atoms with van der Waals surface area (Å²) in [5.74, 6) is 1.48. The topological polar surface area (TPSA) is 49.2 Å². The first-order valence-electron chi connectivity index (χ1n) is 7.67. The number of pyridine rings is 1. The summed E-state index contributed by atoms with van der Waals surface area (Å²) in [7, 11) is 0. The Balaban J connectivity index is 0.000000980. The fraction of sp³-hybridized carbons (Fsp3) is 0.0526. The van der Waals surface area contributed by atoms with Crippen LogP contribution in [0.3, 0.4) is 0 Å². The third-order valence-corrected chi connectivity index (χ3v) is 4.15. The minimum Gasteiger partial charge on any atom is -0.454 e. The Morgan fingerprint density at radius 2 is 1.73 bits per heavy atom. The Morgan fingerprint density at radius 3 is 2.54 bits per heavy atom. The van der Waals surface area contributed by atoms with E-state index in [9.17, 15) is 0 Å². The number of rotatable bonds is 2. The van der Waals surface area contributed by atoms with Crippen LogP contribution in [0.5, 0.6) is 11.5 Å². The Labute approximate surface area is 162 Å². The number of para-hydroxylation sites is 1. The van der Waals surface area contributed by atoms with Crippen molar-refractivity contribution < 1.29 is 9.47 Å². The van der Waals surface area contributed by atoms with Gasteiger partial charge < -0.3 is 14.0 Å². The molecule has 0 radical (unpaired) electrons. The number of imidazole rings is 1. The highest BCUT2D eigenvalue weighted by Crippen LogP contribution is 2.40. The van der Waals surface area contributed by atoms with Gasteiger partial charge in [0.15, 0.2) is 11.5 Å². The third kappa shape index (κ3) is 2.96. The van der Waals surface area contributed by atoms with Crippen molar-refractivity contribution in [2.24, 2.45) is 0 Å². The van der Waals surface area contributed by atoms with Crippen molar-refractivity contribution in [1.29, 1.82) is 0 Å². The standard InChI is InChI=1S/C19H13N3O2.2ClH/c1-2-4-15-13(3-1)5-6-16(21-15)14-9-18-19(24-12-23-18)10-17(14)22-8-7-20-11-22;;/h1-11H,12H2;2*1H. The van der Waals surface area contributed by atoms with Crippen molar-refractivity contribution >= 4 is 35.7 Å². The zero-order valence-corrected chi connectivity index (χ0v) is 15.2. The molecule has 0 saturated carbocycles. The lowest BCUT2D eigenvalue weighted by Crippen LogP contribution is -1.96. The number of halogens is 2. The predicted molar refractivity (Wildman–Crippen MR) is 105 cm³/mol. The normalized spacial score (nSPS) is 11.7. The van der Waals surface area contributed by atoms with Crippen LogP contribution in [0.4, 0.5) is 0 Å². The van der Waals surface area contributed by atoms with Gasteiger partial charge in [0.2, 0.25) is 6.79 Å². The molecule has 3 heterocycles. The van der Waals surface area contributed by atoms with Gasteiger partial charge in [-0.3, -0.25) is 0 Å². The molecule has 0 fully saturated rings. The molecule has 7 heteroatoms. The highest BCUT2D eigenvalue weighted by Gasteiger charge is 2.19. The summed E-state index contributed by atoms with van der Waals surface area (Å²) in [5, 5.41) is 1.12. The van der Waals surface area contributed by atoms with Gasteiger partial charge >= 0.3 is 0 Å². The molecule has 2 aromatic carbocycles. The summed E-state index contributed by atoms with van der Waals surface area (Å²) >= 11 is 0. The number of hydrogen-bond donors (Lipinski definition) is 0. The molecule has 4 aromatic rings. The summed E-state index contributed by atoms with van der Waals surface area (Å²) in [6, 6.07) is 16.1. The molecular formula is C19H15Cl2N3O2. The predicted octanol–water partition coefficient (Wildman–Crippen LogP) is 4.66. The van der Waals surface area contributed by atoms with Gasteiger partial charge in [0.05, 0.1) is 23.2 Å². The monoisotopic (exact) mass is 387 g/mol. The third-order valence-electron chi connectivity index (χ3n) is 4.15. The molecule has 0 saturated heterocycles. The largest absolute Gasteiger partial charge is 0.454 e. The Hall–Kier alpha value is -2.76. The van der Waals surface area contributed by atoms with E-state index in [2.05, 4.69) is 17.1 Å². The van der Waals surface area contributed by atoms with Crippen molar-refractivity contribution in [3.63, 3.8) is 0 Å². The van der Waals surface area contributed by atoms with Gasteiger partial charge in [-0.15, -0.1) is 24.8 Å². The molecule has 0 unspecified atom stereocenters. The highest BCUT2D eigenvalue weighted by molar-refractivity contribution is 5.86. The maximum atomic E-state index is 5.55. The average molecular weight is 388 g/mol. The second-order valence-corrected chi connectivity index (χ2v) is 5.58. The maximum Gasteiger partial charge on any atom is 0.231 e. The first-order chi connectivity index (χ1) is 11.9. The van der Waals surface area contributed by atoms with E-state index >= 15 is 0 Å². The second kappa shape index (κ2) is 7.23. The Bertz CT molecular complexity index is 1050. The van der Waals surface area contributed by atoms with Crippen molar-refractivity contribution in [2.75, 3.05) is 6.79 Å². The molecule has 0 N–H and O–H groups in total. The molecule has 26 heavy (non-hydrogen) atoms. The smallest absolute Gasteiger partial charge is 0.231 e. The van der Waals surface area contributed by atoms with Crippen LogP contribution < -0.4 is 9.47 Å². The zero-order valence-electron chi connectivity index (χ0n) is 13.5. The van der Waals surface area contributed by atoms with Crippen LogP contribution in [0.25, 0.3) is 27.8 Å². The maximum absolute atomic E-state index is 5.55. The molecule has 0 amide bonds. The molecule has 0 spiro atoms. The van der Waals surface area contributed by atoms with Crippen molar-refractivity contribution in [2.45, 2.75) is 0 Å². The highest BCUT2D eigenvalue weighted by atomic mass is 35.5. The SMILES string of the molecule is Cl.Cl.c1ccc2nc(-c3cc4c(cc3-n3ccnc3)OCO4)ccc2c1. The first kappa shape index (κ1) is 18.0. The zero-order chi connectivity index (χ0) is 15.9. The number of aromatic nitrogens is 3. The number of ether oxygens (including phenoxy) is 2. The molecular weight excluding hydrogens is 373 g/mol. The summed E-state index contributed by atoms with van der Waals surface area (Å²) in [6.45, 7) is 0.243. The molecule has 2 aromatic heterocycles. The molecule has 1 aliphatic rings. The molecule has 132 valence electrons. The Kier molecular flexibility index (Phi) is 5.02. The molecule has 5 rings (SSSR count). The number of nitrogens with zero attached hydrogens (tertiary/aromatic N) is 3. The number of benzene rings is 2. The molecule has 0 aliphatic carbocycles. The van der Waals surface area contributed by atoms with Crippen LogP contribution in [0.2, 0.25) is 0 Å². The number of hydrogen-bond acceptors (Lipinski definition) is 4. The fourth-order valence-corrected chi connectivity index (χ4v) is 2.97. The van der Waals surface area contributed by atoms with Gasteiger partial charge in [0.1, 0.15) is 0 Å². The lowest BCUT2D eigenvalue weighted by Gasteiger charge is -2.12. The summed E-state index contributed by atoms with van der Waals surface area (Å²) in [5.41, 5.74) is 3.78. The van der Waals surface area contributed by atoms with Crippen molar-refractivity contribution in [3.05, 3.63) is 67.3 Å². The molecule has 0 atom stereocenters. The van der Waals surface area contributed by atoms with Crippen LogP contribution in [-0.4, -0.2) is 21.3 Å². The van der Waals surface area contributed by atoms with Gasteiger partial charge in [0.25, 0.3) is 0 Å². The van der Waals surface area contributed by atoms with Gasteiger partial charge in [0, 0.05) is 29.4 Å².